The number of ether oxygens (including phenoxy) is 2. The van der Waals surface area contributed by atoms with Gasteiger partial charge in [-0.3, -0.25) is 4.57 Å². The molecule has 0 spiro atoms. The second-order valence-electron chi connectivity index (χ2n) is 5.88. The third-order valence-electron chi connectivity index (χ3n) is 4.06. The highest BCUT2D eigenvalue weighted by molar-refractivity contribution is 7.98. The fourth-order valence-electron chi connectivity index (χ4n) is 2.81. The van der Waals surface area contributed by atoms with Gasteiger partial charge < -0.3 is 9.47 Å². The molecule has 0 N–H and O–H groups in total. The minimum absolute atomic E-state index is 0.288. The third kappa shape index (κ3) is 3.46. The lowest BCUT2D eigenvalue weighted by Gasteiger charge is -2.26. The van der Waals surface area contributed by atoms with Gasteiger partial charge in [-0.2, -0.15) is 0 Å². The standard InChI is InChI=1S/C20H19N3O2S/c1-2-12-23-19(18-13-24-16-10-6-7-11-17(16)25-18)21-22-20(23)26-14-15-8-4-3-5-9-15/h2-11,18H,1,12-14H2/t18-/m1/s1. The fraction of sp³-hybridized carbons (Fsp3) is 0.200. The van der Waals surface area contributed by atoms with E-state index in [9.17, 15) is 0 Å². The molecule has 3 aromatic rings. The van der Waals surface area contributed by atoms with Crippen LogP contribution in [0.1, 0.15) is 17.5 Å². The lowest BCUT2D eigenvalue weighted by molar-refractivity contribution is 0.0821. The van der Waals surface area contributed by atoms with Gasteiger partial charge in [0.05, 0.1) is 0 Å². The van der Waals surface area contributed by atoms with Crippen molar-refractivity contribution in [3.63, 3.8) is 0 Å². The molecule has 26 heavy (non-hydrogen) atoms. The molecule has 0 amide bonds. The molecular formula is C20H19N3O2S. The number of hydrogen-bond donors (Lipinski definition) is 0. The molecule has 6 heteroatoms. The van der Waals surface area contributed by atoms with Crippen LogP contribution in [-0.4, -0.2) is 21.4 Å². The Labute approximate surface area is 156 Å². The number of hydrogen-bond acceptors (Lipinski definition) is 5. The first-order chi connectivity index (χ1) is 12.8. The van der Waals surface area contributed by atoms with Crippen LogP contribution in [-0.2, 0) is 12.3 Å². The summed E-state index contributed by atoms with van der Waals surface area (Å²) in [6, 6.07) is 18.0. The SMILES string of the molecule is C=CCn1c(SCc2ccccc2)nnc1[C@H]1COc2ccccc2O1. The van der Waals surface area contributed by atoms with Crippen molar-refractivity contribution in [3.8, 4) is 11.5 Å². The summed E-state index contributed by atoms with van der Waals surface area (Å²) in [6.07, 6.45) is 1.56. The molecule has 2 heterocycles. The van der Waals surface area contributed by atoms with Gasteiger partial charge >= 0.3 is 0 Å². The topological polar surface area (TPSA) is 49.2 Å². The maximum Gasteiger partial charge on any atom is 0.192 e. The predicted octanol–water partition coefficient (Wildman–Crippen LogP) is 4.27. The van der Waals surface area contributed by atoms with E-state index in [1.807, 2.05) is 53.1 Å². The Bertz CT molecular complexity index is 895. The van der Waals surface area contributed by atoms with Crippen molar-refractivity contribution in [2.45, 2.75) is 23.6 Å². The van der Waals surface area contributed by atoms with Crippen LogP contribution in [0.25, 0.3) is 0 Å². The lowest BCUT2D eigenvalue weighted by atomic mass is 10.2. The van der Waals surface area contributed by atoms with Crippen LogP contribution in [0.4, 0.5) is 0 Å². The minimum Gasteiger partial charge on any atom is -0.485 e. The normalized spacial score (nSPS) is 15.6. The molecule has 0 fully saturated rings. The van der Waals surface area contributed by atoms with Gasteiger partial charge in [0.25, 0.3) is 0 Å². The van der Waals surface area contributed by atoms with Gasteiger partial charge in [-0.05, 0) is 17.7 Å². The minimum atomic E-state index is -0.288. The molecule has 132 valence electrons. The molecule has 0 bridgehead atoms. The monoisotopic (exact) mass is 365 g/mol. The number of thioether (sulfide) groups is 1. The molecule has 4 rings (SSSR count). The summed E-state index contributed by atoms with van der Waals surface area (Å²) in [5.41, 5.74) is 1.25. The maximum atomic E-state index is 6.09. The van der Waals surface area contributed by atoms with Crippen LogP contribution in [0.5, 0.6) is 11.5 Å². The zero-order valence-electron chi connectivity index (χ0n) is 14.2. The van der Waals surface area contributed by atoms with Crippen LogP contribution in [0.3, 0.4) is 0 Å². The van der Waals surface area contributed by atoms with E-state index >= 15 is 0 Å². The smallest absolute Gasteiger partial charge is 0.192 e. The van der Waals surface area contributed by atoms with E-state index in [4.69, 9.17) is 9.47 Å². The molecule has 1 atom stereocenters. The third-order valence-corrected chi connectivity index (χ3v) is 5.10. The van der Waals surface area contributed by atoms with Crippen molar-refractivity contribution in [1.29, 1.82) is 0 Å². The number of allylic oxidation sites excluding steroid dienone is 1. The molecule has 0 radical (unpaired) electrons. The molecule has 2 aromatic carbocycles. The Morgan fingerprint density at radius 3 is 2.65 bits per heavy atom. The van der Waals surface area contributed by atoms with E-state index in [-0.39, 0.29) is 6.10 Å². The molecule has 0 aliphatic carbocycles. The number of nitrogens with zero attached hydrogens (tertiary/aromatic N) is 3. The molecule has 1 aliphatic heterocycles. The highest BCUT2D eigenvalue weighted by Gasteiger charge is 2.28. The molecule has 0 saturated carbocycles. The number of benzene rings is 2. The van der Waals surface area contributed by atoms with Crippen LogP contribution in [0.2, 0.25) is 0 Å². The van der Waals surface area contributed by atoms with Gasteiger partial charge in [0.1, 0.15) is 6.61 Å². The first kappa shape index (κ1) is 16.7. The summed E-state index contributed by atoms with van der Waals surface area (Å²) in [5.74, 6) is 3.09. The predicted molar refractivity (Wildman–Crippen MR) is 102 cm³/mol. The van der Waals surface area contributed by atoms with Gasteiger partial charge in [0, 0.05) is 12.3 Å². The van der Waals surface area contributed by atoms with Crippen molar-refractivity contribution >= 4 is 11.8 Å². The fourth-order valence-corrected chi connectivity index (χ4v) is 3.73. The summed E-state index contributed by atoms with van der Waals surface area (Å²) < 4.78 is 14.0. The lowest BCUT2D eigenvalue weighted by Crippen LogP contribution is -2.25. The van der Waals surface area contributed by atoms with E-state index in [2.05, 4.69) is 28.9 Å². The number of para-hydroxylation sites is 2. The second kappa shape index (κ2) is 7.66. The average molecular weight is 365 g/mol. The van der Waals surface area contributed by atoms with Gasteiger partial charge in [-0.1, -0.05) is 60.3 Å². The summed E-state index contributed by atoms with van der Waals surface area (Å²) in [5, 5.41) is 9.61. The largest absolute Gasteiger partial charge is 0.485 e. The van der Waals surface area contributed by atoms with Crippen molar-refractivity contribution in [3.05, 3.63) is 78.6 Å². The van der Waals surface area contributed by atoms with E-state index in [1.54, 1.807) is 11.8 Å². The average Bonchev–Trinajstić information content (AvgIpc) is 3.10. The molecule has 1 aliphatic rings. The van der Waals surface area contributed by atoms with Gasteiger partial charge in [0.2, 0.25) is 0 Å². The van der Waals surface area contributed by atoms with Crippen LogP contribution in [0.15, 0.2) is 72.4 Å². The van der Waals surface area contributed by atoms with Crippen molar-refractivity contribution in [2.75, 3.05) is 6.61 Å². The van der Waals surface area contributed by atoms with Crippen LogP contribution < -0.4 is 9.47 Å². The van der Waals surface area contributed by atoms with E-state index in [0.717, 1.165) is 28.2 Å². The summed E-state index contributed by atoms with van der Waals surface area (Å²) >= 11 is 1.66. The van der Waals surface area contributed by atoms with Crippen LogP contribution >= 0.6 is 11.8 Å². The van der Waals surface area contributed by atoms with Gasteiger partial charge in [-0.25, -0.2) is 0 Å². The van der Waals surface area contributed by atoms with Gasteiger partial charge in [0.15, 0.2) is 28.6 Å². The Balaban J connectivity index is 1.55. The highest BCUT2D eigenvalue weighted by atomic mass is 32.2. The highest BCUT2D eigenvalue weighted by Crippen LogP contribution is 2.36. The summed E-state index contributed by atoms with van der Waals surface area (Å²) in [4.78, 5) is 0. The number of rotatable bonds is 6. The number of aromatic nitrogens is 3. The zero-order chi connectivity index (χ0) is 17.8. The number of fused-ring (bicyclic) bond motifs is 1. The Hall–Kier alpha value is -2.73. The summed E-state index contributed by atoms with van der Waals surface area (Å²) in [7, 11) is 0. The van der Waals surface area contributed by atoms with Crippen molar-refractivity contribution in [1.82, 2.24) is 14.8 Å². The first-order valence-corrected chi connectivity index (χ1v) is 9.43. The Kier molecular flexibility index (Phi) is 4.93. The van der Waals surface area contributed by atoms with E-state index < -0.39 is 0 Å². The summed E-state index contributed by atoms with van der Waals surface area (Å²) in [6.45, 7) is 4.90. The first-order valence-electron chi connectivity index (χ1n) is 8.44. The zero-order valence-corrected chi connectivity index (χ0v) is 15.1. The maximum absolute atomic E-state index is 6.09. The van der Waals surface area contributed by atoms with E-state index in [0.29, 0.717) is 13.2 Å². The molecule has 1 aromatic heterocycles. The quantitative estimate of drug-likeness (QED) is 0.482. The molecule has 0 unspecified atom stereocenters. The van der Waals surface area contributed by atoms with Gasteiger partial charge in [-0.15, -0.1) is 16.8 Å². The Morgan fingerprint density at radius 1 is 1.08 bits per heavy atom. The molecule has 5 nitrogen and oxygen atoms in total. The Morgan fingerprint density at radius 2 is 1.85 bits per heavy atom. The molecular weight excluding hydrogens is 346 g/mol. The molecule has 0 saturated heterocycles. The van der Waals surface area contributed by atoms with Crippen molar-refractivity contribution in [2.24, 2.45) is 0 Å². The van der Waals surface area contributed by atoms with Crippen molar-refractivity contribution < 1.29 is 9.47 Å². The second-order valence-corrected chi connectivity index (χ2v) is 6.82. The van der Waals surface area contributed by atoms with E-state index in [1.165, 1.54) is 5.56 Å². The van der Waals surface area contributed by atoms with Crippen LogP contribution in [0, 0.1) is 0 Å².